The van der Waals surface area contributed by atoms with Gasteiger partial charge in [-0.05, 0) is 35.4 Å². The fourth-order valence-corrected chi connectivity index (χ4v) is 1.92. The zero-order chi connectivity index (χ0) is 16.6. The Morgan fingerprint density at radius 2 is 1.92 bits per heavy atom. The van der Waals surface area contributed by atoms with Gasteiger partial charge < -0.3 is 4.74 Å². The minimum absolute atomic E-state index is 0.182. The normalized spacial score (nSPS) is 10.7. The number of H-pyrrole nitrogens is 1. The fraction of sp³-hybridized carbons (Fsp3) is 0.0588. The molecule has 3 aromatic rings. The second-order valence-electron chi connectivity index (χ2n) is 4.90. The molecule has 0 spiro atoms. The number of rotatable bonds is 6. The van der Waals surface area contributed by atoms with Crippen LogP contribution in [-0.2, 0) is 6.61 Å². The zero-order valence-electron chi connectivity index (χ0n) is 12.7. The van der Waals surface area contributed by atoms with Gasteiger partial charge in [0.15, 0.2) is 0 Å². The largest absolute Gasteiger partial charge is 0.489 e. The van der Waals surface area contributed by atoms with Crippen LogP contribution in [0.4, 0.5) is 5.95 Å². The summed E-state index contributed by atoms with van der Waals surface area (Å²) < 4.78 is 5.72. The fourth-order valence-electron chi connectivity index (χ4n) is 1.92. The van der Waals surface area contributed by atoms with Crippen LogP contribution in [0.5, 0.6) is 5.75 Å². The van der Waals surface area contributed by atoms with Crippen LogP contribution < -0.4 is 15.7 Å². The molecule has 24 heavy (non-hydrogen) atoms. The molecule has 3 rings (SSSR count). The molecule has 2 aromatic carbocycles. The summed E-state index contributed by atoms with van der Waals surface area (Å²) in [5.74, 6) is 0.962. The Bertz CT molecular complexity index is 860. The Labute approximate surface area is 138 Å². The van der Waals surface area contributed by atoms with Crippen LogP contribution >= 0.6 is 0 Å². The van der Waals surface area contributed by atoms with E-state index in [0.717, 1.165) is 23.1 Å². The van der Waals surface area contributed by atoms with Gasteiger partial charge in [-0.1, -0.05) is 30.3 Å². The molecule has 0 radical (unpaired) electrons. The first-order valence-electron chi connectivity index (χ1n) is 7.27. The van der Waals surface area contributed by atoms with Crippen molar-refractivity contribution in [3.8, 4) is 5.75 Å². The summed E-state index contributed by atoms with van der Waals surface area (Å²) in [5, 5.41) is 11.2. The van der Waals surface area contributed by atoms with E-state index in [1.165, 1.54) is 0 Å². The third-order valence-corrected chi connectivity index (χ3v) is 3.09. The highest BCUT2D eigenvalue weighted by atomic mass is 16.5. The third-order valence-electron chi connectivity index (χ3n) is 3.09. The molecule has 0 fully saturated rings. The van der Waals surface area contributed by atoms with E-state index in [-0.39, 0.29) is 11.5 Å². The number of hydrogen-bond acceptors (Lipinski definition) is 6. The predicted octanol–water partition coefficient (Wildman–Crippen LogP) is 2.19. The van der Waals surface area contributed by atoms with E-state index in [1.807, 2.05) is 54.6 Å². The number of benzene rings is 2. The van der Waals surface area contributed by atoms with Crippen molar-refractivity contribution < 1.29 is 4.74 Å². The monoisotopic (exact) mass is 321 g/mol. The van der Waals surface area contributed by atoms with Gasteiger partial charge in [-0.3, -0.25) is 9.78 Å². The van der Waals surface area contributed by atoms with Crippen molar-refractivity contribution in [3.05, 3.63) is 82.3 Å². The summed E-state index contributed by atoms with van der Waals surface area (Å²) in [5.41, 5.74) is 4.25. The minimum atomic E-state index is -0.345. The number of anilines is 1. The first-order valence-corrected chi connectivity index (χ1v) is 7.27. The van der Waals surface area contributed by atoms with Crippen LogP contribution in [0.15, 0.2) is 70.7 Å². The number of hydrogen-bond donors (Lipinski definition) is 2. The minimum Gasteiger partial charge on any atom is -0.489 e. The quantitative estimate of drug-likeness (QED) is 0.536. The molecule has 0 aliphatic rings. The molecule has 7 heteroatoms. The number of nitrogens with zero attached hydrogens (tertiary/aromatic N) is 3. The van der Waals surface area contributed by atoms with E-state index in [2.05, 4.69) is 25.7 Å². The van der Waals surface area contributed by atoms with Crippen molar-refractivity contribution in [2.75, 3.05) is 5.43 Å². The Hall–Kier alpha value is -3.48. The first kappa shape index (κ1) is 15.4. The average molecular weight is 321 g/mol. The van der Waals surface area contributed by atoms with Crippen LogP contribution in [0.1, 0.15) is 11.1 Å². The molecule has 0 aliphatic carbocycles. The first-order chi connectivity index (χ1) is 11.8. The van der Waals surface area contributed by atoms with Crippen LogP contribution in [0, 0.1) is 0 Å². The summed E-state index contributed by atoms with van der Waals surface area (Å²) in [4.78, 5) is 13.5. The molecule has 0 bridgehead atoms. The smallest absolute Gasteiger partial charge is 0.271 e. The van der Waals surface area contributed by atoms with Gasteiger partial charge >= 0.3 is 0 Å². The molecular weight excluding hydrogens is 306 g/mol. The summed E-state index contributed by atoms with van der Waals surface area (Å²) in [7, 11) is 0. The second-order valence-corrected chi connectivity index (χ2v) is 4.90. The van der Waals surface area contributed by atoms with E-state index >= 15 is 0 Å². The van der Waals surface area contributed by atoms with E-state index in [1.54, 1.807) is 6.21 Å². The Kier molecular flexibility index (Phi) is 4.94. The van der Waals surface area contributed by atoms with Crippen LogP contribution in [-0.4, -0.2) is 21.4 Å². The van der Waals surface area contributed by atoms with E-state index in [9.17, 15) is 4.79 Å². The van der Waals surface area contributed by atoms with E-state index in [0.29, 0.717) is 6.61 Å². The molecular formula is C17H15N5O2. The molecule has 120 valence electrons. The topological polar surface area (TPSA) is 92.3 Å². The summed E-state index contributed by atoms with van der Waals surface area (Å²) in [6, 6.07) is 17.5. The summed E-state index contributed by atoms with van der Waals surface area (Å²) >= 11 is 0. The van der Waals surface area contributed by atoms with Crippen LogP contribution in [0.3, 0.4) is 0 Å². The lowest BCUT2D eigenvalue weighted by molar-refractivity contribution is 0.306. The lowest BCUT2D eigenvalue weighted by Gasteiger charge is -2.06. The van der Waals surface area contributed by atoms with Crippen molar-refractivity contribution in [1.82, 2.24) is 15.2 Å². The predicted molar refractivity (Wildman–Crippen MR) is 91.1 cm³/mol. The lowest BCUT2D eigenvalue weighted by atomic mass is 10.2. The van der Waals surface area contributed by atoms with Gasteiger partial charge in [0, 0.05) is 0 Å². The second kappa shape index (κ2) is 7.68. The molecule has 0 aliphatic heterocycles. The Morgan fingerprint density at radius 3 is 2.67 bits per heavy atom. The molecule has 2 N–H and O–H groups in total. The number of nitrogens with one attached hydrogen (secondary N) is 2. The maximum Gasteiger partial charge on any atom is 0.271 e. The van der Waals surface area contributed by atoms with Gasteiger partial charge in [-0.2, -0.15) is 5.10 Å². The Morgan fingerprint density at radius 1 is 1.12 bits per heavy atom. The van der Waals surface area contributed by atoms with Crippen LogP contribution in [0.25, 0.3) is 0 Å². The van der Waals surface area contributed by atoms with Gasteiger partial charge in [-0.15, -0.1) is 10.2 Å². The van der Waals surface area contributed by atoms with E-state index in [4.69, 9.17) is 4.74 Å². The van der Waals surface area contributed by atoms with Crippen molar-refractivity contribution in [2.45, 2.75) is 6.61 Å². The molecule has 1 aromatic heterocycles. The molecule has 0 unspecified atom stereocenters. The molecule has 0 amide bonds. The van der Waals surface area contributed by atoms with Crippen molar-refractivity contribution in [1.29, 1.82) is 0 Å². The SMILES string of the molecule is O=c1cnnc(N/N=C/c2ccc(OCc3ccccc3)cc2)[nH]1. The summed E-state index contributed by atoms with van der Waals surface area (Å²) in [6.07, 6.45) is 2.69. The average Bonchev–Trinajstić information content (AvgIpc) is 2.62. The number of aromatic amines is 1. The van der Waals surface area contributed by atoms with Crippen molar-refractivity contribution in [3.63, 3.8) is 0 Å². The maximum absolute atomic E-state index is 11.1. The maximum atomic E-state index is 11.1. The molecule has 7 nitrogen and oxygen atoms in total. The number of aromatic nitrogens is 3. The molecule has 0 saturated carbocycles. The summed E-state index contributed by atoms with van der Waals surface area (Å²) in [6.45, 7) is 0.524. The number of hydrazone groups is 1. The third kappa shape index (κ3) is 4.51. The van der Waals surface area contributed by atoms with Gasteiger partial charge in [-0.25, -0.2) is 5.43 Å². The highest BCUT2D eigenvalue weighted by Crippen LogP contribution is 2.13. The van der Waals surface area contributed by atoms with Crippen molar-refractivity contribution >= 4 is 12.2 Å². The van der Waals surface area contributed by atoms with Gasteiger partial charge in [0.25, 0.3) is 5.56 Å². The van der Waals surface area contributed by atoms with Gasteiger partial charge in [0.05, 0.1) is 6.21 Å². The zero-order valence-corrected chi connectivity index (χ0v) is 12.7. The van der Waals surface area contributed by atoms with Gasteiger partial charge in [0.1, 0.15) is 18.6 Å². The number of ether oxygens (including phenoxy) is 1. The molecule has 1 heterocycles. The van der Waals surface area contributed by atoms with Gasteiger partial charge in [0.2, 0.25) is 5.95 Å². The Balaban J connectivity index is 1.54. The van der Waals surface area contributed by atoms with Crippen molar-refractivity contribution in [2.24, 2.45) is 5.10 Å². The standard InChI is InChI=1S/C17H15N5O2/c23-16-11-19-22-17(20-16)21-18-10-13-6-8-15(9-7-13)24-12-14-4-2-1-3-5-14/h1-11H,12H2,(H2,20,21,22,23)/b18-10+. The lowest BCUT2D eigenvalue weighted by Crippen LogP contribution is -2.10. The van der Waals surface area contributed by atoms with E-state index < -0.39 is 0 Å². The highest BCUT2D eigenvalue weighted by molar-refractivity contribution is 5.80. The highest BCUT2D eigenvalue weighted by Gasteiger charge is 1.96. The molecule has 0 saturated heterocycles. The molecule has 0 atom stereocenters. The van der Waals surface area contributed by atoms with Crippen LogP contribution in [0.2, 0.25) is 0 Å².